The first kappa shape index (κ1) is 15.3. The molecule has 0 fully saturated rings. The van der Waals surface area contributed by atoms with Gasteiger partial charge in [-0.05, 0) is 57.8 Å². The second-order valence-corrected chi connectivity index (χ2v) is 5.85. The summed E-state index contributed by atoms with van der Waals surface area (Å²) < 4.78 is 5.57. The highest BCUT2D eigenvalue weighted by Crippen LogP contribution is 2.29. The quantitative estimate of drug-likeness (QED) is 0.820. The van der Waals surface area contributed by atoms with Gasteiger partial charge in [0.15, 0.2) is 0 Å². The molecule has 1 heterocycles. The zero-order chi connectivity index (χ0) is 14.5. The minimum absolute atomic E-state index is 0.295. The van der Waals surface area contributed by atoms with Gasteiger partial charge in [-0.25, -0.2) is 0 Å². The molecule has 2 rings (SSSR count). The molecule has 0 amide bonds. The lowest BCUT2D eigenvalue weighted by atomic mass is 10.0. The van der Waals surface area contributed by atoms with Gasteiger partial charge in [0.05, 0.1) is 6.61 Å². The predicted molar refractivity (Wildman–Crippen MR) is 83.2 cm³/mol. The average molecular weight is 277 g/mol. The lowest BCUT2D eigenvalue weighted by Crippen LogP contribution is -2.32. The average Bonchev–Trinajstić information content (AvgIpc) is 2.86. The van der Waals surface area contributed by atoms with Crippen molar-refractivity contribution in [1.82, 2.24) is 9.80 Å². The first-order valence-corrected chi connectivity index (χ1v) is 7.42. The van der Waals surface area contributed by atoms with Crippen LogP contribution in [0, 0.1) is 0 Å². The van der Waals surface area contributed by atoms with Gasteiger partial charge in [0.2, 0.25) is 0 Å². The monoisotopic (exact) mass is 277 g/mol. The second-order valence-electron chi connectivity index (χ2n) is 5.85. The Morgan fingerprint density at radius 1 is 1.25 bits per heavy atom. The molecular formula is C16H27N3O. The Hall–Kier alpha value is -1.10. The SMILES string of the molecule is CN(C)CCCN(C)C(CN)c1ccc2c(c1)CCO2. The Labute approximate surface area is 122 Å². The number of nitrogens with zero attached hydrogens (tertiary/aromatic N) is 2. The molecule has 1 aromatic rings. The minimum atomic E-state index is 0.295. The largest absolute Gasteiger partial charge is 0.493 e. The molecule has 1 atom stereocenters. The van der Waals surface area contributed by atoms with Gasteiger partial charge in [-0.1, -0.05) is 12.1 Å². The smallest absolute Gasteiger partial charge is 0.122 e. The van der Waals surface area contributed by atoms with Gasteiger partial charge >= 0.3 is 0 Å². The molecule has 1 aromatic carbocycles. The highest BCUT2D eigenvalue weighted by Gasteiger charge is 2.19. The second kappa shape index (κ2) is 7.07. The molecule has 0 saturated heterocycles. The first-order chi connectivity index (χ1) is 9.61. The maximum absolute atomic E-state index is 6.00. The third-order valence-electron chi connectivity index (χ3n) is 3.97. The van der Waals surface area contributed by atoms with E-state index in [2.05, 4.69) is 49.1 Å². The normalized spacial score (nSPS) is 15.5. The zero-order valence-corrected chi connectivity index (χ0v) is 12.9. The number of hydrogen-bond donors (Lipinski definition) is 1. The number of benzene rings is 1. The van der Waals surface area contributed by atoms with E-state index < -0.39 is 0 Å². The molecule has 0 aliphatic carbocycles. The van der Waals surface area contributed by atoms with Gasteiger partial charge in [0.1, 0.15) is 5.75 Å². The third-order valence-corrected chi connectivity index (χ3v) is 3.97. The van der Waals surface area contributed by atoms with E-state index in [0.717, 1.165) is 38.3 Å². The van der Waals surface area contributed by atoms with E-state index in [1.165, 1.54) is 11.1 Å². The van der Waals surface area contributed by atoms with Crippen LogP contribution in [-0.2, 0) is 6.42 Å². The van der Waals surface area contributed by atoms with Gasteiger partial charge in [0.25, 0.3) is 0 Å². The van der Waals surface area contributed by atoms with Crippen molar-refractivity contribution in [2.45, 2.75) is 18.9 Å². The molecule has 1 aliphatic heterocycles. The van der Waals surface area contributed by atoms with Crippen LogP contribution in [0.1, 0.15) is 23.6 Å². The van der Waals surface area contributed by atoms with Crippen LogP contribution >= 0.6 is 0 Å². The summed E-state index contributed by atoms with van der Waals surface area (Å²) in [6.07, 6.45) is 2.18. The van der Waals surface area contributed by atoms with Crippen LogP contribution < -0.4 is 10.5 Å². The Kier molecular flexibility index (Phi) is 5.40. The summed E-state index contributed by atoms with van der Waals surface area (Å²) in [5.74, 6) is 1.04. The molecule has 0 radical (unpaired) electrons. The summed E-state index contributed by atoms with van der Waals surface area (Å²) >= 11 is 0. The van der Waals surface area contributed by atoms with E-state index >= 15 is 0 Å². The maximum Gasteiger partial charge on any atom is 0.122 e. The van der Waals surface area contributed by atoms with E-state index in [0.29, 0.717) is 12.6 Å². The number of rotatable bonds is 7. The summed E-state index contributed by atoms with van der Waals surface area (Å²) in [7, 11) is 6.39. The van der Waals surface area contributed by atoms with Crippen molar-refractivity contribution in [3.8, 4) is 5.75 Å². The van der Waals surface area contributed by atoms with Gasteiger partial charge in [0, 0.05) is 19.0 Å². The molecule has 2 N–H and O–H groups in total. The van der Waals surface area contributed by atoms with Gasteiger partial charge < -0.3 is 15.4 Å². The summed E-state index contributed by atoms with van der Waals surface area (Å²) in [5, 5.41) is 0. The van der Waals surface area contributed by atoms with Crippen LogP contribution in [0.15, 0.2) is 18.2 Å². The minimum Gasteiger partial charge on any atom is -0.493 e. The van der Waals surface area contributed by atoms with Crippen LogP contribution in [0.2, 0.25) is 0 Å². The van der Waals surface area contributed by atoms with Crippen molar-refractivity contribution in [2.24, 2.45) is 5.73 Å². The van der Waals surface area contributed by atoms with Crippen LogP contribution in [0.5, 0.6) is 5.75 Å². The number of nitrogens with two attached hydrogens (primary N) is 1. The summed E-state index contributed by atoms with van der Waals surface area (Å²) in [5.41, 5.74) is 8.63. The van der Waals surface area contributed by atoms with Crippen LogP contribution in [-0.4, -0.2) is 57.2 Å². The number of fused-ring (bicyclic) bond motifs is 1. The summed E-state index contributed by atoms with van der Waals surface area (Å²) in [6.45, 7) is 3.64. The van der Waals surface area contributed by atoms with Crippen LogP contribution in [0.4, 0.5) is 0 Å². The van der Waals surface area contributed by atoms with Crippen molar-refractivity contribution < 1.29 is 4.74 Å². The summed E-state index contributed by atoms with van der Waals surface area (Å²) in [4.78, 5) is 4.58. The van der Waals surface area contributed by atoms with Crippen molar-refractivity contribution in [3.63, 3.8) is 0 Å². The van der Waals surface area contributed by atoms with E-state index in [1.54, 1.807) is 0 Å². The lowest BCUT2D eigenvalue weighted by Gasteiger charge is -2.28. The number of likely N-dealkylation sites (N-methyl/N-ethyl adjacent to an activating group) is 1. The molecule has 1 aliphatic rings. The molecule has 4 nitrogen and oxygen atoms in total. The van der Waals surface area contributed by atoms with Gasteiger partial charge in [-0.15, -0.1) is 0 Å². The molecule has 20 heavy (non-hydrogen) atoms. The fourth-order valence-corrected chi connectivity index (χ4v) is 2.78. The van der Waals surface area contributed by atoms with E-state index in [9.17, 15) is 0 Å². The fraction of sp³-hybridized carbons (Fsp3) is 0.625. The van der Waals surface area contributed by atoms with Crippen molar-refractivity contribution in [1.29, 1.82) is 0 Å². The third kappa shape index (κ3) is 3.72. The number of hydrogen-bond acceptors (Lipinski definition) is 4. The molecule has 0 spiro atoms. The van der Waals surface area contributed by atoms with Crippen molar-refractivity contribution in [2.75, 3.05) is 47.4 Å². The molecular weight excluding hydrogens is 250 g/mol. The Morgan fingerprint density at radius 2 is 2.05 bits per heavy atom. The van der Waals surface area contributed by atoms with Crippen molar-refractivity contribution >= 4 is 0 Å². The van der Waals surface area contributed by atoms with E-state index in [4.69, 9.17) is 10.5 Å². The topological polar surface area (TPSA) is 41.7 Å². The maximum atomic E-state index is 6.00. The van der Waals surface area contributed by atoms with E-state index in [-0.39, 0.29) is 0 Å². The van der Waals surface area contributed by atoms with E-state index in [1.807, 2.05) is 0 Å². The highest BCUT2D eigenvalue weighted by atomic mass is 16.5. The fourth-order valence-electron chi connectivity index (χ4n) is 2.78. The molecule has 0 aromatic heterocycles. The molecule has 112 valence electrons. The Bertz CT molecular complexity index is 434. The lowest BCUT2D eigenvalue weighted by molar-refractivity contribution is 0.235. The summed E-state index contributed by atoms with van der Waals surface area (Å²) in [6, 6.07) is 6.81. The van der Waals surface area contributed by atoms with Gasteiger partial charge in [-0.3, -0.25) is 4.90 Å². The number of ether oxygens (including phenoxy) is 1. The molecule has 1 unspecified atom stereocenters. The van der Waals surface area contributed by atoms with Crippen molar-refractivity contribution in [3.05, 3.63) is 29.3 Å². The first-order valence-electron chi connectivity index (χ1n) is 7.42. The Balaban J connectivity index is 2.00. The zero-order valence-electron chi connectivity index (χ0n) is 12.9. The predicted octanol–water partition coefficient (Wildman–Crippen LogP) is 1.50. The standard InChI is InChI=1S/C16H27N3O/c1-18(2)8-4-9-19(3)15(12-17)13-5-6-16-14(11-13)7-10-20-16/h5-6,11,15H,4,7-10,12,17H2,1-3H3. The molecule has 4 heteroatoms. The Morgan fingerprint density at radius 3 is 2.75 bits per heavy atom. The molecule has 0 saturated carbocycles. The van der Waals surface area contributed by atoms with Crippen LogP contribution in [0.3, 0.4) is 0 Å². The molecule has 0 bridgehead atoms. The highest BCUT2D eigenvalue weighted by molar-refractivity contribution is 5.40. The van der Waals surface area contributed by atoms with Crippen LogP contribution in [0.25, 0.3) is 0 Å². The van der Waals surface area contributed by atoms with Gasteiger partial charge in [-0.2, -0.15) is 0 Å².